The fraction of sp³-hybridized carbons (Fsp3) is 0.0500. The van der Waals surface area contributed by atoms with E-state index in [1.54, 1.807) is 12.1 Å². The molecule has 11 heteroatoms. The van der Waals surface area contributed by atoms with Gasteiger partial charge in [0.05, 0.1) is 11.3 Å². The molecule has 0 fully saturated rings. The summed E-state index contributed by atoms with van der Waals surface area (Å²) in [6, 6.07) is 7.00. The van der Waals surface area contributed by atoms with Gasteiger partial charge >= 0.3 is 12.2 Å². The van der Waals surface area contributed by atoms with Crippen LogP contribution in [-0.2, 0) is 6.18 Å². The molecule has 3 aromatic rings. The van der Waals surface area contributed by atoms with Gasteiger partial charge in [-0.1, -0.05) is 17.9 Å². The highest BCUT2D eigenvalue weighted by Gasteiger charge is 2.31. The number of nitrogens with one attached hydrogen (secondary N) is 2. The highest BCUT2D eigenvalue weighted by atomic mass is 19.4. The lowest BCUT2D eigenvalue weighted by atomic mass is 10.2. The summed E-state index contributed by atoms with van der Waals surface area (Å²) in [5, 5.41) is 4.45. The number of amides is 2. The van der Waals surface area contributed by atoms with Crippen molar-refractivity contribution in [2.75, 3.05) is 22.1 Å². The largest absolute Gasteiger partial charge is 0.416 e. The number of hydrogen-bond donors (Lipinski definition) is 4. The lowest BCUT2D eigenvalue weighted by Crippen LogP contribution is -2.20. The van der Waals surface area contributed by atoms with Crippen molar-refractivity contribution in [2.24, 2.45) is 0 Å². The van der Waals surface area contributed by atoms with Crippen LogP contribution < -0.4 is 22.1 Å². The summed E-state index contributed by atoms with van der Waals surface area (Å²) in [6.45, 7) is 0. The smallest absolute Gasteiger partial charge is 0.382 e. The Morgan fingerprint density at radius 1 is 0.968 bits per heavy atom. The quantitative estimate of drug-likeness (QED) is 0.364. The second-order valence-corrected chi connectivity index (χ2v) is 6.12. The molecule has 7 nitrogen and oxygen atoms in total. The highest BCUT2D eigenvalue weighted by Crippen LogP contribution is 2.31. The van der Waals surface area contributed by atoms with Crippen LogP contribution in [0.3, 0.4) is 0 Å². The molecular weight excluding hydrogens is 416 g/mol. The number of rotatable bonds is 2. The van der Waals surface area contributed by atoms with E-state index in [4.69, 9.17) is 11.5 Å². The van der Waals surface area contributed by atoms with Gasteiger partial charge in [-0.05, 0) is 36.4 Å². The molecule has 0 saturated carbocycles. The molecule has 158 valence electrons. The number of nitrogens with two attached hydrogens (primary N) is 2. The maximum atomic E-state index is 13.8. The summed E-state index contributed by atoms with van der Waals surface area (Å²) >= 11 is 0. The Balaban J connectivity index is 1.75. The summed E-state index contributed by atoms with van der Waals surface area (Å²) in [5.74, 6) is 4.73. The van der Waals surface area contributed by atoms with Crippen molar-refractivity contribution in [3.05, 3.63) is 71.3 Å². The van der Waals surface area contributed by atoms with E-state index in [0.29, 0.717) is 23.8 Å². The van der Waals surface area contributed by atoms with E-state index in [2.05, 4.69) is 32.4 Å². The molecule has 2 aromatic carbocycles. The van der Waals surface area contributed by atoms with Gasteiger partial charge in [0.25, 0.3) is 0 Å². The first-order valence-corrected chi connectivity index (χ1v) is 8.56. The zero-order chi connectivity index (χ0) is 22.6. The van der Waals surface area contributed by atoms with E-state index in [1.807, 2.05) is 0 Å². The molecule has 0 atom stereocenters. The van der Waals surface area contributed by atoms with E-state index in [9.17, 15) is 22.4 Å². The zero-order valence-electron chi connectivity index (χ0n) is 15.6. The lowest BCUT2D eigenvalue weighted by Gasteiger charge is -2.12. The summed E-state index contributed by atoms with van der Waals surface area (Å²) in [7, 11) is 0. The molecule has 2 amide bonds. The minimum absolute atomic E-state index is 0.108. The van der Waals surface area contributed by atoms with Crippen LogP contribution in [0.5, 0.6) is 0 Å². The monoisotopic (exact) mass is 430 g/mol. The Bertz CT molecular complexity index is 1180. The molecule has 0 saturated heterocycles. The van der Waals surface area contributed by atoms with Crippen LogP contribution in [0.4, 0.5) is 45.4 Å². The number of urea groups is 1. The van der Waals surface area contributed by atoms with Crippen LogP contribution in [0, 0.1) is 17.7 Å². The number of aromatic nitrogens is 2. The second-order valence-electron chi connectivity index (χ2n) is 6.12. The molecule has 0 aliphatic heterocycles. The molecule has 0 aliphatic rings. The van der Waals surface area contributed by atoms with Crippen LogP contribution >= 0.6 is 0 Å². The normalized spacial score (nSPS) is 10.7. The Hall–Kier alpha value is -4.33. The third-order valence-electron chi connectivity index (χ3n) is 3.90. The summed E-state index contributed by atoms with van der Waals surface area (Å²) < 4.78 is 52.1. The molecule has 0 aliphatic carbocycles. The topological polar surface area (TPSA) is 119 Å². The number of hydrogen-bond acceptors (Lipinski definition) is 5. The number of alkyl halides is 3. The SMILES string of the molecule is Nc1ncnc(N)c1C#Cc1cccc(NC(=O)Nc2cc(C(F)(F)F)ccc2F)c1. The van der Waals surface area contributed by atoms with Gasteiger partial charge in [-0.25, -0.2) is 19.2 Å². The molecule has 3 rings (SSSR count). The number of nitrogens with zero attached hydrogens (tertiary/aromatic N) is 2. The van der Waals surface area contributed by atoms with Crippen molar-refractivity contribution in [3.63, 3.8) is 0 Å². The van der Waals surface area contributed by atoms with Crippen LogP contribution in [-0.4, -0.2) is 16.0 Å². The first-order valence-electron chi connectivity index (χ1n) is 8.56. The minimum Gasteiger partial charge on any atom is -0.382 e. The molecule has 1 heterocycles. The van der Waals surface area contributed by atoms with Crippen molar-refractivity contribution in [1.29, 1.82) is 0 Å². The predicted octanol–water partition coefficient (Wildman–Crippen LogP) is 3.84. The Morgan fingerprint density at radius 3 is 2.35 bits per heavy atom. The van der Waals surface area contributed by atoms with E-state index in [0.717, 1.165) is 0 Å². The zero-order valence-corrected chi connectivity index (χ0v) is 15.6. The number of carbonyl (C=O) groups is 1. The maximum absolute atomic E-state index is 13.8. The molecule has 6 N–H and O–H groups in total. The van der Waals surface area contributed by atoms with E-state index in [1.165, 1.54) is 18.5 Å². The van der Waals surface area contributed by atoms with E-state index < -0.39 is 29.3 Å². The maximum Gasteiger partial charge on any atom is 0.416 e. The molecule has 0 radical (unpaired) electrons. The van der Waals surface area contributed by atoms with Crippen molar-refractivity contribution in [2.45, 2.75) is 6.18 Å². The Morgan fingerprint density at radius 2 is 1.68 bits per heavy atom. The number of halogens is 4. The minimum atomic E-state index is -4.68. The van der Waals surface area contributed by atoms with Crippen LogP contribution in [0.25, 0.3) is 0 Å². The standard InChI is InChI=1S/C20H14F4N6O/c21-15-7-5-12(20(22,23)24)9-16(15)30-19(31)29-13-3-1-2-11(8-13)4-6-14-17(25)27-10-28-18(14)26/h1-3,5,7-10H,(H2,29,30,31)(H4,25,26,27,28). The fourth-order valence-electron chi connectivity index (χ4n) is 2.43. The molecule has 0 spiro atoms. The molecule has 0 bridgehead atoms. The van der Waals surface area contributed by atoms with Gasteiger partial charge in [0, 0.05) is 11.3 Å². The lowest BCUT2D eigenvalue weighted by molar-refractivity contribution is -0.137. The molecule has 31 heavy (non-hydrogen) atoms. The Kier molecular flexibility index (Phi) is 5.92. The summed E-state index contributed by atoms with van der Waals surface area (Å²) in [6.07, 6.45) is -3.48. The van der Waals surface area contributed by atoms with Crippen molar-refractivity contribution in [1.82, 2.24) is 9.97 Å². The third kappa shape index (κ3) is 5.39. The van der Waals surface area contributed by atoms with Gasteiger partial charge in [-0.2, -0.15) is 13.2 Å². The molecular formula is C20H14F4N6O. The first-order chi connectivity index (χ1) is 14.6. The van der Waals surface area contributed by atoms with Gasteiger partial charge in [-0.3, -0.25) is 0 Å². The highest BCUT2D eigenvalue weighted by molar-refractivity contribution is 6.00. The van der Waals surface area contributed by atoms with Crippen LogP contribution in [0.15, 0.2) is 48.8 Å². The fourth-order valence-corrected chi connectivity index (χ4v) is 2.43. The summed E-state index contributed by atoms with van der Waals surface area (Å²) in [4.78, 5) is 19.7. The van der Waals surface area contributed by atoms with Gasteiger partial charge in [-0.15, -0.1) is 0 Å². The number of anilines is 4. The van der Waals surface area contributed by atoms with E-state index >= 15 is 0 Å². The molecule has 0 unspecified atom stereocenters. The van der Waals surface area contributed by atoms with Gasteiger partial charge < -0.3 is 22.1 Å². The van der Waals surface area contributed by atoms with Crippen LogP contribution in [0.2, 0.25) is 0 Å². The number of carbonyl (C=O) groups excluding carboxylic acids is 1. The van der Waals surface area contributed by atoms with Crippen molar-refractivity contribution >= 4 is 29.0 Å². The van der Waals surface area contributed by atoms with Gasteiger partial charge in [0.1, 0.15) is 29.3 Å². The predicted molar refractivity (Wildman–Crippen MR) is 107 cm³/mol. The average Bonchev–Trinajstić information content (AvgIpc) is 2.68. The third-order valence-corrected chi connectivity index (χ3v) is 3.90. The second kappa shape index (κ2) is 8.58. The van der Waals surface area contributed by atoms with Gasteiger partial charge in [0.2, 0.25) is 0 Å². The van der Waals surface area contributed by atoms with Crippen molar-refractivity contribution in [3.8, 4) is 11.8 Å². The number of benzene rings is 2. The first kappa shape index (κ1) is 21.4. The summed E-state index contributed by atoms with van der Waals surface area (Å²) in [5.41, 5.74) is 10.7. The Labute approximate surface area is 173 Å². The van der Waals surface area contributed by atoms with Crippen molar-refractivity contribution < 1.29 is 22.4 Å². The van der Waals surface area contributed by atoms with Crippen LogP contribution in [0.1, 0.15) is 16.7 Å². The molecule has 1 aromatic heterocycles. The van der Waals surface area contributed by atoms with Gasteiger partial charge in [0.15, 0.2) is 0 Å². The average molecular weight is 430 g/mol. The number of nitrogen functional groups attached to an aromatic ring is 2. The van der Waals surface area contributed by atoms with E-state index in [-0.39, 0.29) is 22.9 Å².